The molecule has 2 fully saturated rings. The van der Waals surface area contributed by atoms with Gasteiger partial charge in [-0.05, 0) is 24.8 Å². The number of hydrogen-bond acceptors (Lipinski definition) is 3. The van der Waals surface area contributed by atoms with Crippen LogP contribution in [0.15, 0.2) is 30.3 Å². The number of amides is 1. The van der Waals surface area contributed by atoms with Crippen molar-refractivity contribution in [2.24, 2.45) is 5.73 Å². The fourth-order valence-electron chi connectivity index (χ4n) is 2.87. The van der Waals surface area contributed by atoms with Gasteiger partial charge in [-0.1, -0.05) is 30.3 Å². The van der Waals surface area contributed by atoms with Crippen molar-refractivity contribution in [1.29, 1.82) is 0 Å². The van der Waals surface area contributed by atoms with Gasteiger partial charge in [-0.25, -0.2) is 0 Å². The van der Waals surface area contributed by atoms with Crippen molar-refractivity contribution in [3.63, 3.8) is 0 Å². The van der Waals surface area contributed by atoms with E-state index in [-0.39, 0.29) is 5.91 Å². The minimum absolute atomic E-state index is 0.199. The maximum atomic E-state index is 11.8. The van der Waals surface area contributed by atoms with Crippen LogP contribution in [-0.2, 0) is 11.3 Å². The zero-order chi connectivity index (χ0) is 13.3. The molecule has 1 aromatic carbocycles. The van der Waals surface area contributed by atoms with Gasteiger partial charge < -0.3 is 5.73 Å². The molecular weight excluding hydrogens is 238 g/mol. The lowest BCUT2D eigenvalue weighted by Crippen LogP contribution is -2.57. The van der Waals surface area contributed by atoms with E-state index in [4.69, 9.17) is 5.73 Å². The third kappa shape index (κ3) is 2.80. The predicted molar refractivity (Wildman–Crippen MR) is 74.4 cm³/mol. The zero-order valence-electron chi connectivity index (χ0n) is 11.1. The van der Waals surface area contributed by atoms with Crippen molar-refractivity contribution in [3.05, 3.63) is 35.9 Å². The van der Waals surface area contributed by atoms with Crippen molar-refractivity contribution >= 4 is 5.91 Å². The maximum Gasteiger partial charge on any atom is 0.239 e. The van der Waals surface area contributed by atoms with Crippen LogP contribution in [0.3, 0.4) is 0 Å². The Hall–Kier alpha value is -1.39. The van der Waals surface area contributed by atoms with Crippen molar-refractivity contribution in [2.45, 2.75) is 37.4 Å². The van der Waals surface area contributed by atoms with Gasteiger partial charge in [0.1, 0.15) is 5.54 Å². The normalized spacial score (nSPS) is 27.6. The quantitative estimate of drug-likeness (QED) is 0.825. The summed E-state index contributed by atoms with van der Waals surface area (Å²) < 4.78 is 0. The van der Waals surface area contributed by atoms with Gasteiger partial charge in [-0.2, -0.15) is 0 Å². The Morgan fingerprint density at radius 2 is 2.11 bits per heavy atom. The van der Waals surface area contributed by atoms with Crippen LogP contribution in [0, 0.1) is 0 Å². The summed E-state index contributed by atoms with van der Waals surface area (Å²) in [5.74, 6) is -0.199. The van der Waals surface area contributed by atoms with E-state index in [1.165, 1.54) is 18.4 Å². The van der Waals surface area contributed by atoms with Crippen molar-refractivity contribution in [1.82, 2.24) is 10.2 Å². The SMILES string of the molecule is NC(=O)C1(NC2CC2)CCN(Cc2ccccc2)C1. The van der Waals surface area contributed by atoms with Gasteiger partial charge in [0.2, 0.25) is 5.91 Å². The summed E-state index contributed by atoms with van der Waals surface area (Å²) in [7, 11) is 0. The molecule has 2 aliphatic rings. The molecule has 0 spiro atoms. The summed E-state index contributed by atoms with van der Waals surface area (Å²) in [5, 5.41) is 3.47. The van der Waals surface area contributed by atoms with Crippen LogP contribution in [0.25, 0.3) is 0 Å². The number of benzene rings is 1. The Balaban J connectivity index is 1.65. The third-order valence-corrected chi connectivity index (χ3v) is 4.13. The zero-order valence-corrected chi connectivity index (χ0v) is 11.1. The molecular formula is C15H21N3O. The number of likely N-dealkylation sites (tertiary alicyclic amines) is 1. The monoisotopic (exact) mass is 259 g/mol. The highest BCUT2D eigenvalue weighted by Crippen LogP contribution is 2.29. The smallest absolute Gasteiger partial charge is 0.239 e. The van der Waals surface area contributed by atoms with Gasteiger partial charge in [0, 0.05) is 25.7 Å². The summed E-state index contributed by atoms with van der Waals surface area (Å²) >= 11 is 0. The van der Waals surface area contributed by atoms with Crippen LogP contribution in [0.2, 0.25) is 0 Å². The van der Waals surface area contributed by atoms with Gasteiger partial charge in [0.25, 0.3) is 0 Å². The van der Waals surface area contributed by atoms with E-state index >= 15 is 0 Å². The summed E-state index contributed by atoms with van der Waals surface area (Å²) in [6.45, 7) is 2.55. The van der Waals surface area contributed by atoms with Crippen LogP contribution in [0.5, 0.6) is 0 Å². The highest BCUT2D eigenvalue weighted by Gasteiger charge is 2.45. The first-order chi connectivity index (χ1) is 9.18. The molecule has 1 atom stereocenters. The molecule has 1 saturated heterocycles. The lowest BCUT2D eigenvalue weighted by Gasteiger charge is -2.27. The Morgan fingerprint density at radius 1 is 1.37 bits per heavy atom. The summed E-state index contributed by atoms with van der Waals surface area (Å²) in [4.78, 5) is 14.1. The molecule has 4 heteroatoms. The molecule has 1 aliphatic carbocycles. The van der Waals surface area contributed by atoms with E-state index in [2.05, 4.69) is 34.5 Å². The summed E-state index contributed by atoms with van der Waals surface area (Å²) in [6.07, 6.45) is 3.17. The molecule has 4 nitrogen and oxygen atoms in total. The molecule has 3 rings (SSSR count). The molecule has 0 aromatic heterocycles. The standard InChI is InChI=1S/C15H21N3O/c16-14(19)15(17-13-6-7-13)8-9-18(11-15)10-12-4-2-1-3-5-12/h1-5,13,17H,6-11H2,(H2,16,19). The minimum Gasteiger partial charge on any atom is -0.368 e. The molecule has 1 aliphatic heterocycles. The Morgan fingerprint density at radius 3 is 2.74 bits per heavy atom. The number of carbonyl (C=O) groups excluding carboxylic acids is 1. The molecule has 0 radical (unpaired) electrons. The molecule has 3 N–H and O–H groups in total. The number of nitrogens with two attached hydrogens (primary N) is 1. The molecule has 1 amide bonds. The fourth-order valence-corrected chi connectivity index (χ4v) is 2.87. The number of nitrogens with zero attached hydrogens (tertiary/aromatic N) is 1. The van der Waals surface area contributed by atoms with Gasteiger partial charge in [-0.3, -0.25) is 15.0 Å². The third-order valence-electron chi connectivity index (χ3n) is 4.13. The average molecular weight is 259 g/mol. The van der Waals surface area contributed by atoms with E-state index in [9.17, 15) is 4.79 Å². The Kier molecular flexibility index (Phi) is 3.29. The van der Waals surface area contributed by atoms with E-state index in [0.29, 0.717) is 6.04 Å². The molecule has 1 saturated carbocycles. The minimum atomic E-state index is -0.504. The Labute approximate surface area is 114 Å². The molecule has 19 heavy (non-hydrogen) atoms. The lowest BCUT2D eigenvalue weighted by atomic mass is 9.97. The molecule has 0 bridgehead atoms. The number of rotatable bonds is 5. The second-order valence-corrected chi connectivity index (χ2v) is 5.81. The van der Waals surface area contributed by atoms with Crippen molar-refractivity contribution in [3.8, 4) is 0 Å². The lowest BCUT2D eigenvalue weighted by molar-refractivity contribution is -0.124. The van der Waals surface area contributed by atoms with Gasteiger partial charge in [0.15, 0.2) is 0 Å². The average Bonchev–Trinajstić information content (AvgIpc) is 3.11. The van der Waals surface area contributed by atoms with Gasteiger partial charge in [-0.15, -0.1) is 0 Å². The number of hydrogen-bond donors (Lipinski definition) is 2. The second kappa shape index (κ2) is 4.94. The molecule has 1 heterocycles. The molecule has 1 unspecified atom stereocenters. The van der Waals surface area contributed by atoms with Crippen LogP contribution in [0.4, 0.5) is 0 Å². The predicted octanol–water partition coefficient (Wildman–Crippen LogP) is 0.868. The van der Waals surface area contributed by atoms with Crippen molar-refractivity contribution < 1.29 is 4.79 Å². The van der Waals surface area contributed by atoms with Gasteiger partial charge in [0.05, 0.1) is 0 Å². The summed E-state index contributed by atoms with van der Waals surface area (Å²) in [5.41, 5.74) is 6.42. The maximum absolute atomic E-state index is 11.8. The first-order valence-corrected chi connectivity index (χ1v) is 7.02. The van der Waals surface area contributed by atoms with Crippen LogP contribution in [0.1, 0.15) is 24.8 Å². The molecule has 102 valence electrons. The number of nitrogens with one attached hydrogen (secondary N) is 1. The number of carbonyl (C=O) groups is 1. The Bertz CT molecular complexity index is 458. The van der Waals surface area contributed by atoms with E-state index < -0.39 is 5.54 Å². The van der Waals surface area contributed by atoms with E-state index in [0.717, 1.165) is 26.1 Å². The second-order valence-electron chi connectivity index (χ2n) is 5.81. The van der Waals surface area contributed by atoms with E-state index in [1.54, 1.807) is 0 Å². The topological polar surface area (TPSA) is 58.4 Å². The highest BCUT2D eigenvalue weighted by atomic mass is 16.1. The number of primary amides is 1. The van der Waals surface area contributed by atoms with Gasteiger partial charge >= 0.3 is 0 Å². The largest absolute Gasteiger partial charge is 0.368 e. The van der Waals surface area contributed by atoms with Crippen LogP contribution >= 0.6 is 0 Å². The molecule has 1 aromatic rings. The first-order valence-electron chi connectivity index (χ1n) is 7.02. The first kappa shape index (κ1) is 12.6. The fraction of sp³-hybridized carbons (Fsp3) is 0.533. The van der Waals surface area contributed by atoms with E-state index in [1.807, 2.05) is 6.07 Å². The summed E-state index contributed by atoms with van der Waals surface area (Å²) in [6, 6.07) is 10.9. The highest BCUT2D eigenvalue weighted by molar-refractivity contribution is 5.85. The van der Waals surface area contributed by atoms with Crippen molar-refractivity contribution in [2.75, 3.05) is 13.1 Å². The van der Waals surface area contributed by atoms with Crippen LogP contribution < -0.4 is 11.1 Å². The van der Waals surface area contributed by atoms with Crippen LogP contribution in [-0.4, -0.2) is 35.5 Å².